The fraction of sp³-hybridized carbons (Fsp3) is 0.717. The van der Waals surface area contributed by atoms with Crippen molar-refractivity contribution >= 4 is 16.0 Å². The molecule has 5 aliphatic carbocycles. The third-order valence-corrected chi connectivity index (χ3v) is 21.2. The first-order valence-electron chi connectivity index (χ1n) is 24.0. The number of aryl methyl sites for hydroxylation is 1. The van der Waals surface area contributed by atoms with Crippen molar-refractivity contribution in [2.24, 2.45) is 62.6 Å². The molecule has 0 unspecified atom stereocenters. The van der Waals surface area contributed by atoms with Gasteiger partial charge in [0, 0.05) is 17.9 Å². The molecule has 11 atom stereocenters. The summed E-state index contributed by atoms with van der Waals surface area (Å²) in [5.74, 6) is 1.62. The molecule has 61 heavy (non-hydrogen) atoms. The first-order valence-corrected chi connectivity index (χ1v) is 25.4. The fourth-order valence-electron chi connectivity index (χ4n) is 15.3. The van der Waals surface area contributed by atoms with Crippen LogP contribution in [0.2, 0.25) is 0 Å². The number of likely N-dealkylation sites (N-methyl/N-ethyl adjacent to an activating group) is 1. The smallest absolute Gasteiger partial charge is 0.310 e. The van der Waals surface area contributed by atoms with Crippen molar-refractivity contribution in [2.45, 2.75) is 156 Å². The predicted octanol–water partition coefficient (Wildman–Crippen LogP) is 11.6. The Morgan fingerprint density at radius 2 is 1.57 bits per heavy atom. The van der Waals surface area contributed by atoms with Crippen molar-refractivity contribution in [2.75, 3.05) is 26.9 Å². The SMILES string of the molecule is Cc1ccc(S(=O)(=O)N(C)C2(CO[C@H]3[C@H](C)C[C@@]45COC[C@@]3(C)[C@@H]4CC[C@H]3C5=CC[C@@]4(C)[C@H](C(=O)OCc5ccccc5)[C@@](C)([C@H](C)C(C)C)CC[C@]34C)CCCCC2)cc1. The summed E-state index contributed by atoms with van der Waals surface area (Å²) in [4.78, 5) is 15.2. The van der Waals surface area contributed by atoms with E-state index in [0.29, 0.717) is 48.4 Å². The average molecular weight is 856 g/mol. The van der Waals surface area contributed by atoms with Crippen LogP contribution in [0.4, 0.5) is 0 Å². The number of allylic oxidation sites excluding steroid dienone is 1. The second-order valence-electron chi connectivity index (χ2n) is 22.6. The number of rotatable bonds is 11. The number of sulfonamides is 1. The number of hydrogen-bond acceptors (Lipinski definition) is 6. The zero-order chi connectivity index (χ0) is 43.8. The van der Waals surface area contributed by atoms with Gasteiger partial charge >= 0.3 is 5.97 Å². The van der Waals surface area contributed by atoms with Gasteiger partial charge in [0.05, 0.1) is 42.3 Å². The molecule has 4 saturated carbocycles. The van der Waals surface area contributed by atoms with Crippen molar-refractivity contribution in [3.8, 4) is 0 Å². The molecule has 7 nitrogen and oxygen atoms in total. The number of ether oxygens (including phenoxy) is 3. The maximum atomic E-state index is 14.9. The van der Waals surface area contributed by atoms with Gasteiger partial charge in [-0.25, -0.2) is 8.42 Å². The van der Waals surface area contributed by atoms with Crippen molar-refractivity contribution < 1.29 is 27.4 Å². The van der Waals surface area contributed by atoms with Crippen LogP contribution in [0.1, 0.15) is 137 Å². The lowest BCUT2D eigenvalue weighted by atomic mass is 9.34. The number of hydrogen-bond donors (Lipinski definition) is 0. The Kier molecular flexibility index (Phi) is 11.9. The Labute approximate surface area is 369 Å². The van der Waals surface area contributed by atoms with Crippen LogP contribution in [0.15, 0.2) is 71.1 Å². The van der Waals surface area contributed by atoms with Crippen LogP contribution in [-0.4, -0.2) is 57.2 Å². The van der Waals surface area contributed by atoms with Crippen molar-refractivity contribution in [3.05, 3.63) is 77.4 Å². The average Bonchev–Trinajstić information content (AvgIpc) is 3.23. The predicted molar refractivity (Wildman–Crippen MR) is 243 cm³/mol. The molecule has 8 heteroatoms. The van der Waals surface area contributed by atoms with E-state index in [0.717, 1.165) is 88.4 Å². The molecule has 2 aromatic carbocycles. The van der Waals surface area contributed by atoms with Gasteiger partial charge in [-0.3, -0.25) is 4.79 Å². The molecule has 336 valence electrons. The number of carbonyl (C=O) groups is 1. The highest BCUT2D eigenvalue weighted by molar-refractivity contribution is 7.89. The Morgan fingerprint density at radius 3 is 2.25 bits per heavy atom. The molecule has 2 aromatic rings. The molecule has 0 aromatic heterocycles. The molecule has 1 heterocycles. The van der Waals surface area contributed by atoms with E-state index in [1.807, 2.05) is 49.4 Å². The highest BCUT2D eigenvalue weighted by Gasteiger charge is 2.71. The minimum Gasteiger partial charge on any atom is -0.461 e. The molecule has 2 bridgehead atoms. The van der Waals surface area contributed by atoms with Gasteiger partial charge in [0.25, 0.3) is 0 Å². The summed E-state index contributed by atoms with van der Waals surface area (Å²) in [5, 5.41) is 0. The third kappa shape index (κ3) is 7.04. The lowest BCUT2D eigenvalue weighted by Gasteiger charge is -2.71. The topological polar surface area (TPSA) is 82.1 Å². The van der Waals surface area contributed by atoms with Crippen molar-refractivity contribution in [1.82, 2.24) is 4.31 Å². The van der Waals surface area contributed by atoms with E-state index in [1.165, 1.54) is 0 Å². The first kappa shape index (κ1) is 45.1. The lowest BCUT2D eigenvalue weighted by molar-refractivity contribution is -0.254. The normalized spacial score (nSPS) is 38.8. The zero-order valence-electron chi connectivity index (χ0n) is 39.2. The van der Waals surface area contributed by atoms with Crippen LogP contribution < -0.4 is 0 Å². The van der Waals surface area contributed by atoms with E-state index >= 15 is 0 Å². The molecule has 1 aliphatic heterocycles. The van der Waals surface area contributed by atoms with Gasteiger partial charge in [-0.15, -0.1) is 0 Å². The van der Waals surface area contributed by atoms with E-state index in [1.54, 1.807) is 29.1 Å². The minimum atomic E-state index is -3.72. The molecule has 0 amide bonds. The zero-order valence-corrected chi connectivity index (χ0v) is 40.0. The first-order chi connectivity index (χ1) is 28.8. The van der Waals surface area contributed by atoms with Gasteiger partial charge in [-0.2, -0.15) is 4.31 Å². The molecule has 0 N–H and O–H groups in total. The second-order valence-corrected chi connectivity index (χ2v) is 24.6. The molecule has 0 radical (unpaired) electrons. The molecule has 8 rings (SSSR count). The maximum absolute atomic E-state index is 14.9. The number of carbonyl (C=O) groups excluding carboxylic acids is 1. The van der Waals surface area contributed by atoms with E-state index in [2.05, 4.69) is 61.5 Å². The number of nitrogens with zero attached hydrogens (tertiary/aromatic N) is 1. The van der Waals surface area contributed by atoms with Crippen LogP contribution in [-0.2, 0) is 35.6 Å². The summed E-state index contributed by atoms with van der Waals surface area (Å²) < 4.78 is 50.7. The Balaban J connectivity index is 1.09. The summed E-state index contributed by atoms with van der Waals surface area (Å²) in [6.45, 7) is 23.3. The largest absolute Gasteiger partial charge is 0.461 e. The second kappa shape index (κ2) is 16.2. The van der Waals surface area contributed by atoms with E-state index in [4.69, 9.17) is 14.2 Å². The molecule has 6 aliphatic rings. The van der Waals surface area contributed by atoms with E-state index in [9.17, 15) is 13.2 Å². The monoisotopic (exact) mass is 856 g/mol. The highest BCUT2D eigenvalue weighted by atomic mass is 32.2. The Morgan fingerprint density at radius 1 is 0.885 bits per heavy atom. The lowest BCUT2D eigenvalue weighted by Crippen LogP contribution is -2.69. The fourth-order valence-corrected chi connectivity index (χ4v) is 16.8. The summed E-state index contributed by atoms with van der Waals surface area (Å²) >= 11 is 0. The number of fused-ring (bicyclic) bond motifs is 3. The van der Waals surface area contributed by atoms with Crippen LogP contribution >= 0.6 is 0 Å². The van der Waals surface area contributed by atoms with Crippen LogP contribution in [0.3, 0.4) is 0 Å². The van der Waals surface area contributed by atoms with E-state index < -0.39 is 15.6 Å². The third-order valence-electron chi connectivity index (χ3n) is 19.2. The van der Waals surface area contributed by atoms with Gasteiger partial charge < -0.3 is 14.2 Å². The van der Waals surface area contributed by atoms with Gasteiger partial charge in [-0.05, 0) is 122 Å². The molecular weight excluding hydrogens is 779 g/mol. The summed E-state index contributed by atoms with van der Waals surface area (Å²) in [5.41, 5.74) is 2.27. The van der Waals surface area contributed by atoms with Gasteiger partial charge in [0.2, 0.25) is 10.0 Å². The van der Waals surface area contributed by atoms with Crippen molar-refractivity contribution in [1.29, 1.82) is 0 Å². The molecule has 5 fully saturated rings. The van der Waals surface area contributed by atoms with Crippen LogP contribution in [0.5, 0.6) is 0 Å². The quantitative estimate of drug-likeness (QED) is 0.165. The summed E-state index contributed by atoms with van der Waals surface area (Å²) in [6.07, 6.45) is 13.5. The van der Waals surface area contributed by atoms with E-state index in [-0.39, 0.29) is 51.0 Å². The Hall–Kier alpha value is -2.52. The maximum Gasteiger partial charge on any atom is 0.310 e. The minimum absolute atomic E-state index is 0.0242. The summed E-state index contributed by atoms with van der Waals surface area (Å²) in [6, 6.07) is 17.4. The Bertz CT molecular complexity index is 2060. The van der Waals surface area contributed by atoms with Crippen LogP contribution in [0, 0.1) is 69.5 Å². The van der Waals surface area contributed by atoms with Crippen molar-refractivity contribution in [3.63, 3.8) is 0 Å². The van der Waals surface area contributed by atoms with Crippen LogP contribution in [0.25, 0.3) is 0 Å². The molecule has 0 spiro atoms. The highest BCUT2D eigenvalue weighted by Crippen LogP contribution is 2.75. The molecular formula is C53H77NO6S. The van der Waals surface area contributed by atoms with Gasteiger partial charge in [-0.1, -0.05) is 134 Å². The van der Waals surface area contributed by atoms with Gasteiger partial charge in [0.15, 0.2) is 0 Å². The van der Waals surface area contributed by atoms with Gasteiger partial charge in [0.1, 0.15) is 6.61 Å². The molecule has 1 saturated heterocycles. The number of esters is 1. The standard InChI is InChI=1S/C53H77NO6S/c1-36(2)39(5)48(6)29-30-50(8)42-23-24-44-49(7)33-58-35-53(44,43(42)25-28-51(50,9)45(48)47(55)59-32-40-17-13-11-14-18-40)31-38(4)46(49)60-34-52(26-15-12-16-27-52)54(10)61(56,57)41-21-19-37(3)20-22-41/h11,13-14,17-22,25,36,38-39,42,44-46H,12,15-16,23-24,26-35H2,1-10H3/t38-,39-,42+,44+,45-,46+,48-,49+,50-,51+,53+/m1/s1. The number of benzene rings is 2. The summed E-state index contributed by atoms with van der Waals surface area (Å²) in [7, 11) is -1.92.